The van der Waals surface area contributed by atoms with Crippen LogP contribution in [0.15, 0.2) is 16.9 Å². The number of hydrogen-bond acceptors (Lipinski definition) is 4. The van der Waals surface area contributed by atoms with Gasteiger partial charge in [0.05, 0.1) is 7.11 Å². The molecule has 0 bridgehead atoms. The number of rotatable bonds is 3. The minimum atomic E-state index is 0.441. The van der Waals surface area contributed by atoms with Gasteiger partial charge in [-0.2, -0.15) is 0 Å². The molecule has 0 radical (unpaired) electrons. The zero-order valence-corrected chi connectivity index (χ0v) is 12.6. The molecule has 1 heterocycles. The maximum atomic E-state index is 5.89. The summed E-state index contributed by atoms with van der Waals surface area (Å²) < 4.78 is 5.89. The number of nitrogens with two attached hydrogens (primary N) is 1. The van der Waals surface area contributed by atoms with Crippen LogP contribution in [0.4, 0.5) is 5.69 Å². The Balaban J connectivity index is 0.00000121. The van der Waals surface area contributed by atoms with Gasteiger partial charge in [-0.05, 0) is 28.2 Å². The number of hydrogen-bond donors (Lipinski definition) is 1. The molecule has 0 unspecified atom stereocenters. The summed E-state index contributed by atoms with van der Waals surface area (Å²) in [6.07, 6.45) is 5.49. The molecule has 0 aromatic carbocycles. The minimum absolute atomic E-state index is 0.441. The normalized spacial score (nSPS) is 9.76. The molecule has 5 heteroatoms. The van der Waals surface area contributed by atoms with E-state index < -0.39 is 0 Å². The summed E-state index contributed by atoms with van der Waals surface area (Å²) in [6, 6.07) is 0. The van der Waals surface area contributed by atoms with E-state index in [2.05, 4.69) is 20.9 Å². The molecule has 0 saturated heterocycles. The zero-order chi connectivity index (χ0) is 13.4. The van der Waals surface area contributed by atoms with Crippen LogP contribution in [0.2, 0.25) is 0 Å². The fourth-order valence-electron chi connectivity index (χ4n) is 1.05. The van der Waals surface area contributed by atoms with Crippen molar-refractivity contribution in [3.63, 3.8) is 0 Å². The summed E-state index contributed by atoms with van der Waals surface area (Å²) in [5.41, 5.74) is 7.30. The largest absolute Gasteiger partial charge is 0.480 e. The van der Waals surface area contributed by atoms with Crippen molar-refractivity contribution in [1.29, 1.82) is 0 Å². The van der Waals surface area contributed by atoms with E-state index in [1.54, 1.807) is 13.3 Å². The van der Waals surface area contributed by atoms with Crippen LogP contribution in [0.25, 0.3) is 6.08 Å². The first kappa shape index (κ1) is 15.8. The highest BCUT2D eigenvalue weighted by Gasteiger charge is 2.08. The van der Waals surface area contributed by atoms with Crippen LogP contribution >= 0.6 is 15.9 Å². The predicted octanol–water partition coefficient (Wildman–Crippen LogP) is 2.99. The van der Waals surface area contributed by atoms with Gasteiger partial charge in [-0.25, -0.2) is 4.98 Å². The standard InChI is InChI=1S/C10H14BrN3O.C2H6/c1-14(2)5-4-7-8(11)6-13-10(15-3)9(7)12;1-2/h4-6H,12H2,1-3H3;1-2H3/b5-4+;. The third-order valence-corrected chi connectivity index (χ3v) is 2.44. The van der Waals surface area contributed by atoms with Gasteiger partial charge in [0.2, 0.25) is 5.88 Å². The monoisotopic (exact) mass is 301 g/mol. The molecule has 17 heavy (non-hydrogen) atoms. The summed E-state index contributed by atoms with van der Waals surface area (Å²) in [5, 5.41) is 0. The molecular formula is C12H20BrN3O. The second-order valence-corrected chi connectivity index (χ2v) is 4.08. The van der Waals surface area contributed by atoms with E-state index >= 15 is 0 Å². The molecular weight excluding hydrogens is 282 g/mol. The number of anilines is 1. The molecule has 1 aromatic rings. The van der Waals surface area contributed by atoms with Crippen LogP contribution < -0.4 is 10.5 Å². The molecule has 0 fully saturated rings. The maximum absolute atomic E-state index is 5.89. The Morgan fingerprint density at radius 2 is 2.00 bits per heavy atom. The van der Waals surface area contributed by atoms with E-state index in [0.717, 1.165) is 10.0 Å². The fraction of sp³-hybridized carbons (Fsp3) is 0.417. The van der Waals surface area contributed by atoms with Crippen LogP contribution in [-0.2, 0) is 0 Å². The Bertz CT molecular complexity index is 378. The summed E-state index contributed by atoms with van der Waals surface area (Å²) in [5.74, 6) is 0.441. The van der Waals surface area contributed by atoms with Gasteiger partial charge in [-0.15, -0.1) is 0 Å². The Labute approximate surface area is 112 Å². The van der Waals surface area contributed by atoms with Gasteiger partial charge in [-0.1, -0.05) is 13.8 Å². The molecule has 4 nitrogen and oxygen atoms in total. The van der Waals surface area contributed by atoms with Crippen molar-refractivity contribution < 1.29 is 4.74 Å². The Kier molecular flexibility index (Phi) is 7.37. The van der Waals surface area contributed by atoms with Gasteiger partial charge in [0.15, 0.2) is 0 Å². The number of methoxy groups -OCH3 is 1. The van der Waals surface area contributed by atoms with Crippen molar-refractivity contribution >= 4 is 27.7 Å². The third-order valence-electron chi connectivity index (χ3n) is 1.81. The van der Waals surface area contributed by atoms with Crippen molar-refractivity contribution in [3.05, 3.63) is 22.4 Å². The van der Waals surface area contributed by atoms with E-state index in [0.29, 0.717) is 11.6 Å². The fourth-order valence-corrected chi connectivity index (χ4v) is 1.50. The van der Waals surface area contributed by atoms with Crippen LogP contribution in [0, 0.1) is 0 Å². The number of pyridine rings is 1. The van der Waals surface area contributed by atoms with Crippen molar-refractivity contribution in [3.8, 4) is 5.88 Å². The third kappa shape index (κ3) is 4.65. The van der Waals surface area contributed by atoms with Crippen molar-refractivity contribution in [2.45, 2.75) is 13.8 Å². The predicted molar refractivity (Wildman–Crippen MR) is 77.0 cm³/mol. The summed E-state index contributed by atoms with van der Waals surface area (Å²) >= 11 is 3.39. The lowest BCUT2D eigenvalue weighted by molar-refractivity contribution is 0.400. The molecule has 0 spiro atoms. The highest BCUT2D eigenvalue weighted by Crippen LogP contribution is 2.29. The highest BCUT2D eigenvalue weighted by molar-refractivity contribution is 9.10. The Hall–Kier alpha value is -1.23. The number of aromatic nitrogens is 1. The van der Waals surface area contributed by atoms with E-state index in [4.69, 9.17) is 10.5 Å². The van der Waals surface area contributed by atoms with E-state index in [1.807, 2.05) is 45.1 Å². The highest BCUT2D eigenvalue weighted by atomic mass is 79.9. The molecule has 0 amide bonds. The van der Waals surface area contributed by atoms with Gasteiger partial charge < -0.3 is 15.4 Å². The second kappa shape index (κ2) is 7.95. The van der Waals surface area contributed by atoms with Gasteiger partial charge in [-0.3, -0.25) is 0 Å². The van der Waals surface area contributed by atoms with Crippen LogP contribution in [0.5, 0.6) is 5.88 Å². The van der Waals surface area contributed by atoms with Crippen molar-refractivity contribution in [1.82, 2.24) is 9.88 Å². The Morgan fingerprint density at radius 3 is 2.47 bits per heavy atom. The molecule has 0 aliphatic heterocycles. The molecule has 0 aliphatic carbocycles. The Morgan fingerprint density at radius 1 is 1.41 bits per heavy atom. The van der Waals surface area contributed by atoms with Crippen LogP contribution in [0.1, 0.15) is 19.4 Å². The molecule has 2 N–H and O–H groups in total. The average Bonchev–Trinajstić information content (AvgIpc) is 2.31. The van der Waals surface area contributed by atoms with Crippen molar-refractivity contribution in [2.75, 3.05) is 26.9 Å². The van der Waals surface area contributed by atoms with Gasteiger partial charge in [0, 0.05) is 30.3 Å². The lowest BCUT2D eigenvalue weighted by Gasteiger charge is -2.09. The first-order valence-corrected chi connectivity index (χ1v) is 6.18. The van der Waals surface area contributed by atoms with E-state index in [9.17, 15) is 0 Å². The summed E-state index contributed by atoms with van der Waals surface area (Å²) in [6.45, 7) is 4.00. The first-order valence-electron chi connectivity index (χ1n) is 5.39. The quantitative estimate of drug-likeness (QED) is 0.932. The number of nitrogens with zero attached hydrogens (tertiary/aromatic N) is 2. The van der Waals surface area contributed by atoms with Crippen LogP contribution in [-0.4, -0.2) is 31.1 Å². The first-order chi connectivity index (χ1) is 8.06. The number of ether oxygens (including phenoxy) is 1. The molecule has 96 valence electrons. The molecule has 0 saturated carbocycles. The molecule has 0 atom stereocenters. The van der Waals surface area contributed by atoms with Gasteiger partial charge >= 0.3 is 0 Å². The maximum Gasteiger partial charge on any atom is 0.237 e. The SMILES string of the molecule is CC.COc1ncc(Br)c(/C=C/N(C)C)c1N. The number of nitrogen functional groups attached to an aromatic ring is 1. The topological polar surface area (TPSA) is 51.4 Å². The summed E-state index contributed by atoms with van der Waals surface area (Å²) in [4.78, 5) is 5.97. The number of halogens is 1. The molecule has 0 aliphatic rings. The van der Waals surface area contributed by atoms with Crippen molar-refractivity contribution in [2.24, 2.45) is 0 Å². The minimum Gasteiger partial charge on any atom is -0.480 e. The van der Waals surface area contributed by atoms with Crippen LogP contribution in [0.3, 0.4) is 0 Å². The zero-order valence-electron chi connectivity index (χ0n) is 11.0. The van der Waals surface area contributed by atoms with E-state index in [1.165, 1.54) is 0 Å². The lowest BCUT2D eigenvalue weighted by Crippen LogP contribution is -2.02. The van der Waals surface area contributed by atoms with Gasteiger partial charge in [0.25, 0.3) is 0 Å². The molecule has 1 rings (SSSR count). The second-order valence-electron chi connectivity index (χ2n) is 3.22. The smallest absolute Gasteiger partial charge is 0.237 e. The average molecular weight is 302 g/mol. The summed E-state index contributed by atoms with van der Waals surface area (Å²) in [7, 11) is 5.43. The molecule has 1 aromatic heterocycles. The van der Waals surface area contributed by atoms with E-state index in [-0.39, 0.29) is 0 Å². The van der Waals surface area contributed by atoms with Gasteiger partial charge in [0.1, 0.15) is 5.69 Å². The lowest BCUT2D eigenvalue weighted by atomic mass is 10.2.